The van der Waals surface area contributed by atoms with Crippen LogP contribution in [0.1, 0.15) is 31.2 Å². The van der Waals surface area contributed by atoms with Crippen LogP contribution < -0.4 is 5.32 Å². The van der Waals surface area contributed by atoms with Crippen molar-refractivity contribution in [3.8, 4) is 0 Å². The molecule has 0 spiro atoms. The van der Waals surface area contributed by atoms with E-state index in [4.69, 9.17) is 4.74 Å². The zero-order chi connectivity index (χ0) is 15.6. The number of hydrogen-bond donors (Lipinski definition) is 1. The molecule has 1 aromatic rings. The first-order chi connectivity index (χ1) is 10.8. The van der Waals surface area contributed by atoms with Crippen molar-refractivity contribution in [3.05, 3.63) is 35.9 Å². The number of nitrogens with one attached hydrogen (secondary N) is 1. The van der Waals surface area contributed by atoms with Crippen molar-refractivity contribution in [2.45, 2.75) is 38.1 Å². The van der Waals surface area contributed by atoms with Crippen molar-refractivity contribution in [3.63, 3.8) is 0 Å². The van der Waals surface area contributed by atoms with Crippen LogP contribution in [0.15, 0.2) is 30.3 Å². The highest BCUT2D eigenvalue weighted by Gasteiger charge is 2.29. The van der Waals surface area contributed by atoms with Gasteiger partial charge >= 0.3 is 0 Å². The number of benzene rings is 1. The molecule has 0 aliphatic carbocycles. The molecule has 1 saturated heterocycles. The fraction of sp³-hybridized carbons (Fsp3) is 0.611. The van der Waals surface area contributed by atoms with E-state index >= 15 is 0 Å². The molecule has 0 radical (unpaired) electrons. The SMILES string of the molecule is COCCNCC[C@H]1CCC(=O)N1CCCc1ccccc1. The predicted molar refractivity (Wildman–Crippen MR) is 88.9 cm³/mol. The van der Waals surface area contributed by atoms with Crippen LogP contribution in [0.3, 0.4) is 0 Å². The molecule has 0 saturated carbocycles. The van der Waals surface area contributed by atoms with Gasteiger partial charge in [-0.25, -0.2) is 0 Å². The normalized spacial score (nSPS) is 18.1. The van der Waals surface area contributed by atoms with E-state index in [1.54, 1.807) is 7.11 Å². The van der Waals surface area contributed by atoms with E-state index < -0.39 is 0 Å². The van der Waals surface area contributed by atoms with Gasteiger partial charge in [-0.2, -0.15) is 0 Å². The Labute approximate surface area is 133 Å². The third-order valence-corrected chi connectivity index (χ3v) is 4.30. The largest absolute Gasteiger partial charge is 0.383 e. The van der Waals surface area contributed by atoms with Crippen LogP contribution in [-0.4, -0.2) is 50.2 Å². The molecule has 122 valence electrons. The van der Waals surface area contributed by atoms with E-state index in [2.05, 4.69) is 34.5 Å². The van der Waals surface area contributed by atoms with Gasteiger partial charge in [0.05, 0.1) is 6.61 Å². The third-order valence-electron chi connectivity index (χ3n) is 4.30. The van der Waals surface area contributed by atoms with Crippen LogP contribution in [0.25, 0.3) is 0 Å². The number of hydrogen-bond acceptors (Lipinski definition) is 3. The van der Waals surface area contributed by atoms with Crippen molar-refractivity contribution in [2.24, 2.45) is 0 Å². The maximum atomic E-state index is 12.0. The monoisotopic (exact) mass is 304 g/mol. The number of rotatable bonds is 10. The minimum Gasteiger partial charge on any atom is -0.383 e. The zero-order valence-electron chi connectivity index (χ0n) is 13.6. The summed E-state index contributed by atoms with van der Waals surface area (Å²) in [6.07, 6.45) is 4.86. The molecular weight excluding hydrogens is 276 g/mol. The highest BCUT2D eigenvalue weighted by molar-refractivity contribution is 5.78. The quantitative estimate of drug-likeness (QED) is 0.674. The van der Waals surface area contributed by atoms with Crippen molar-refractivity contribution in [1.82, 2.24) is 10.2 Å². The molecule has 1 amide bonds. The topological polar surface area (TPSA) is 41.6 Å². The van der Waals surface area contributed by atoms with Crippen molar-refractivity contribution >= 4 is 5.91 Å². The molecule has 1 N–H and O–H groups in total. The first kappa shape index (κ1) is 17.0. The number of nitrogens with zero attached hydrogens (tertiary/aromatic N) is 1. The van der Waals surface area contributed by atoms with E-state index in [-0.39, 0.29) is 0 Å². The Hall–Kier alpha value is -1.39. The number of aryl methyl sites for hydroxylation is 1. The van der Waals surface area contributed by atoms with Crippen LogP contribution in [0, 0.1) is 0 Å². The van der Waals surface area contributed by atoms with E-state index in [9.17, 15) is 4.79 Å². The second kappa shape index (κ2) is 9.59. The standard InChI is InChI=1S/C18H28N2O2/c1-22-15-13-19-12-11-17-9-10-18(21)20(17)14-5-8-16-6-3-2-4-7-16/h2-4,6-7,17,19H,5,8-15H2,1H3/t17-/m1/s1. The van der Waals surface area contributed by atoms with Crippen molar-refractivity contribution in [1.29, 1.82) is 0 Å². The summed E-state index contributed by atoms with van der Waals surface area (Å²) in [7, 11) is 1.71. The van der Waals surface area contributed by atoms with E-state index in [0.717, 1.165) is 51.9 Å². The summed E-state index contributed by atoms with van der Waals surface area (Å²) in [6, 6.07) is 10.9. The lowest BCUT2D eigenvalue weighted by Gasteiger charge is -2.25. The Morgan fingerprint density at radius 2 is 2.09 bits per heavy atom. The summed E-state index contributed by atoms with van der Waals surface area (Å²) in [5.74, 6) is 0.329. The van der Waals surface area contributed by atoms with Crippen LogP contribution >= 0.6 is 0 Å². The Balaban J connectivity index is 1.69. The van der Waals surface area contributed by atoms with E-state index in [1.807, 2.05) is 6.07 Å². The molecule has 22 heavy (non-hydrogen) atoms. The molecule has 1 aliphatic heterocycles. The average Bonchev–Trinajstić information content (AvgIpc) is 2.89. The first-order valence-electron chi connectivity index (χ1n) is 8.34. The lowest BCUT2D eigenvalue weighted by atomic mass is 10.1. The fourth-order valence-corrected chi connectivity index (χ4v) is 3.07. The van der Waals surface area contributed by atoms with Crippen LogP contribution in [0.2, 0.25) is 0 Å². The number of carbonyl (C=O) groups excluding carboxylic acids is 1. The summed E-state index contributed by atoms with van der Waals surface area (Å²) in [5.41, 5.74) is 1.35. The van der Waals surface area contributed by atoms with Crippen LogP contribution in [0.4, 0.5) is 0 Å². The Morgan fingerprint density at radius 1 is 1.27 bits per heavy atom. The van der Waals surface area contributed by atoms with Crippen molar-refractivity contribution < 1.29 is 9.53 Å². The minimum atomic E-state index is 0.329. The predicted octanol–water partition coefficient (Wildman–Crippen LogP) is 2.24. The molecule has 2 rings (SSSR count). The van der Waals surface area contributed by atoms with Gasteiger partial charge in [0.15, 0.2) is 0 Å². The van der Waals surface area contributed by atoms with Gasteiger partial charge in [0.1, 0.15) is 0 Å². The van der Waals surface area contributed by atoms with Gasteiger partial charge in [0, 0.05) is 32.7 Å². The smallest absolute Gasteiger partial charge is 0.222 e. The Morgan fingerprint density at radius 3 is 2.86 bits per heavy atom. The average molecular weight is 304 g/mol. The van der Waals surface area contributed by atoms with Gasteiger partial charge in [-0.05, 0) is 37.8 Å². The molecule has 1 fully saturated rings. The number of amides is 1. The van der Waals surface area contributed by atoms with Crippen LogP contribution in [-0.2, 0) is 16.0 Å². The number of ether oxygens (including phenoxy) is 1. The summed E-state index contributed by atoms with van der Waals surface area (Å²) in [4.78, 5) is 14.1. The highest BCUT2D eigenvalue weighted by Crippen LogP contribution is 2.21. The molecule has 0 unspecified atom stereocenters. The van der Waals surface area contributed by atoms with Crippen molar-refractivity contribution in [2.75, 3.05) is 33.4 Å². The summed E-state index contributed by atoms with van der Waals surface area (Å²) in [5, 5.41) is 3.37. The van der Waals surface area contributed by atoms with E-state index in [0.29, 0.717) is 18.4 Å². The molecule has 0 bridgehead atoms. The minimum absolute atomic E-state index is 0.329. The van der Waals surface area contributed by atoms with Crippen LogP contribution in [0.5, 0.6) is 0 Å². The number of likely N-dealkylation sites (tertiary alicyclic amines) is 1. The first-order valence-corrected chi connectivity index (χ1v) is 8.34. The van der Waals surface area contributed by atoms with E-state index in [1.165, 1.54) is 5.56 Å². The highest BCUT2D eigenvalue weighted by atomic mass is 16.5. The lowest BCUT2D eigenvalue weighted by Crippen LogP contribution is -2.36. The Bertz CT molecular complexity index is 436. The van der Waals surface area contributed by atoms with Gasteiger partial charge in [0.25, 0.3) is 0 Å². The molecule has 1 aromatic carbocycles. The molecule has 1 aliphatic rings. The maximum Gasteiger partial charge on any atom is 0.222 e. The fourth-order valence-electron chi connectivity index (χ4n) is 3.07. The zero-order valence-corrected chi connectivity index (χ0v) is 13.6. The summed E-state index contributed by atoms with van der Waals surface area (Å²) in [6.45, 7) is 3.46. The summed E-state index contributed by atoms with van der Waals surface area (Å²) < 4.78 is 5.02. The summed E-state index contributed by atoms with van der Waals surface area (Å²) >= 11 is 0. The molecule has 4 nitrogen and oxygen atoms in total. The number of carbonyl (C=O) groups is 1. The molecule has 4 heteroatoms. The number of methoxy groups -OCH3 is 1. The molecule has 1 heterocycles. The lowest BCUT2D eigenvalue weighted by molar-refractivity contribution is -0.129. The van der Waals surface area contributed by atoms with Gasteiger partial charge in [-0.3, -0.25) is 4.79 Å². The Kier molecular flexibility index (Phi) is 7.40. The van der Waals surface area contributed by atoms with Gasteiger partial charge in [-0.1, -0.05) is 30.3 Å². The third kappa shape index (κ3) is 5.43. The maximum absolute atomic E-state index is 12.0. The molecular formula is C18H28N2O2. The second-order valence-corrected chi connectivity index (χ2v) is 5.90. The van der Waals surface area contributed by atoms with Gasteiger partial charge in [-0.15, -0.1) is 0 Å². The second-order valence-electron chi connectivity index (χ2n) is 5.90. The molecule has 0 aromatic heterocycles. The van der Waals surface area contributed by atoms with Gasteiger partial charge in [0.2, 0.25) is 5.91 Å². The molecule has 1 atom stereocenters. The van der Waals surface area contributed by atoms with Gasteiger partial charge < -0.3 is 15.0 Å².